The van der Waals surface area contributed by atoms with Gasteiger partial charge in [0.15, 0.2) is 0 Å². The molecule has 5 heteroatoms. The topological polar surface area (TPSA) is 57.0 Å². The van der Waals surface area contributed by atoms with Crippen LogP contribution in [0.2, 0.25) is 0 Å². The van der Waals surface area contributed by atoms with Gasteiger partial charge in [-0.25, -0.2) is 4.79 Å². The maximum atomic E-state index is 11.5. The van der Waals surface area contributed by atoms with Crippen molar-refractivity contribution in [3.63, 3.8) is 0 Å². The first-order chi connectivity index (χ1) is 6.38. The van der Waals surface area contributed by atoms with Crippen LogP contribution in [0.3, 0.4) is 0 Å². The predicted molar refractivity (Wildman–Crippen MR) is 51.9 cm³/mol. The fraction of sp³-hybridized carbons (Fsp3) is 0.889. The zero-order valence-corrected chi connectivity index (χ0v) is 9.00. The Hall–Kier alpha value is -0.810. The molecule has 1 aliphatic rings. The van der Waals surface area contributed by atoms with Crippen LogP contribution in [0.25, 0.3) is 0 Å². The van der Waals surface area contributed by atoms with Gasteiger partial charge in [0.1, 0.15) is 5.60 Å². The predicted octanol–water partition coefficient (Wildman–Crippen LogP) is -0.380. The number of carbonyl (C=O) groups is 1. The van der Waals surface area contributed by atoms with Crippen molar-refractivity contribution in [3.8, 4) is 0 Å². The van der Waals surface area contributed by atoms with Crippen molar-refractivity contribution in [1.82, 2.24) is 4.90 Å². The third kappa shape index (κ3) is 3.51. The molecule has 82 valence electrons. The van der Waals surface area contributed by atoms with Gasteiger partial charge in [0.25, 0.3) is 0 Å². The number of hydrogen-bond acceptors (Lipinski definition) is 3. The van der Waals surface area contributed by atoms with E-state index in [1.807, 2.05) is 20.8 Å². The molecule has 0 atom stereocenters. The smallest absolute Gasteiger partial charge is 0.410 e. The van der Waals surface area contributed by atoms with E-state index in [0.29, 0.717) is 26.2 Å². The summed E-state index contributed by atoms with van der Waals surface area (Å²) in [5.41, 5.74) is -0.460. The van der Waals surface area contributed by atoms with E-state index in [0.717, 1.165) is 0 Å². The van der Waals surface area contributed by atoms with E-state index in [2.05, 4.69) is 0 Å². The molecule has 1 N–H and O–H groups in total. The van der Waals surface area contributed by atoms with E-state index in [9.17, 15) is 10.0 Å². The van der Waals surface area contributed by atoms with Crippen molar-refractivity contribution in [2.75, 3.05) is 26.2 Å². The van der Waals surface area contributed by atoms with Crippen molar-refractivity contribution in [1.29, 1.82) is 0 Å². The van der Waals surface area contributed by atoms with Gasteiger partial charge in [-0.2, -0.15) is 0 Å². The molecule has 1 fully saturated rings. The third-order valence-corrected chi connectivity index (χ3v) is 1.97. The molecule has 1 heterocycles. The first-order valence-corrected chi connectivity index (χ1v) is 4.88. The number of carbonyl (C=O) groups excluding carboxylic acids is 1. The molecule has 0 aromatic carbocycles. The lowest BCUT2D eigenvalue weighted by atomic mass is 10.2. The standard InChI is InChI=1S/C9H18N2O3/c1-9(2,3)14-8(12)10-4-6-11(13)7-5-10/h11H,4-7H2,1-3H3. The lowest BCUT2D eigenvalue weighted by Crippen LogP contribution is -3.10. The van der Waals surface area contributed by atoms with Crippen molar-refractivity contribution in [3.05, 3.63) is 5.21 Å². The number of ether oxygens (including phenoxy) is 1. The molecule has 1 amide bonds. The maximum absolute atomic E-state index is 11.5. The van der Waals surface area contributed by atoms with Gasteiger partial charge in [0.05, 0.1) is 26.2 Å². The van der Waals surface area contributed by atoms with Crippen molar-refractivity contribution >= 4 is 6.09 Å². The first-order valence-electron chi connectivity index (χ1n) is 4.88. The Bertz CT molecular complexity index is 205. The monoisotopic (exact) mass is 202 g/mol. The fourth-order valence-corrected chi connectivity index (χ4v) is 1.27. The second-order valence-electron chi connectivity index (χ2n) is 4.51. The summed E-state index contributed by atoms with van der Waals surface area (Å²) in [6, 6.07) is 0. The number of nitrogens with zero attached hydrogens (tertiary/aromatic N) is 1. The lowest BCUT2D eigenvalue weighted by Gasteiger charge is -2.34. The van der Waals surface area contributed by atoms with Gasteiger partial charge in [0.2, 0.25) is 0 Å². The van der Waals surface area contributed by atoms with E-state index in [4.69, 9.17) is 4.74 Å². The minimum Gasteiger partial charge on any atom is -0.634 e. The SMILES string of the molecule is CC(C)(C)OC(=O)N1CC[NH+]([O-])CC1. The molecule has 0 unspecified atom stereocenters. The lowest BCUT2D eigenvalue weighted by molar-refractivity contribution is -0.852. The Balaban J connectivity index is 2.38. The molecule has 1 saturated heterocycles. The number of amides is 1. The highest BCUT2D eigenvalue weighted by molar-refractivity contribution is 5.68. The quantitative estimate of drug-likeness (QED) is 0.545. The maximum Gasteiger partial charge on any atom is 0.410 e. The average molecular weight is 202 g/mol. The Kier molecular flexibility index (Phi) is 3.34. The van der Waals surface area contributed by atoms with E-state index >= 15 is 0 Å². The summed E-state index contributed by atoms with van der Waals surface area (Å²) in [5.74, 6) is 0. The number of rotatable bonds is 0. The van der Waals surface area contributed by atoms with Crippen LogP contribution < -0.4 is 5.06 Å². The molecule has 0 bridgehead atoms. The second kappa shape index (κ2) is 4.14. The first kappa shape index (κ1) is 11.3. The van der Waals surface area contributed by atoms with Crippen LogP contribution in [0.4, 0.5) is 4.79 Å². The van der Waals surface area contributed by atoms with Crippen molar-refractivity contribution in [2.45, 2.75) is 26.4 Å². The number of hydroxylamine groups is 2. The molecule has 14 heavy (non-hydrogen) atoms. The summed E-state index contributed by atoms with van der Waals surface area (Å²) in [7, 11) is 0. The van der Waals surface area contributed by atoms with Gasteiger partial charge in [-0.05, 0) is 20.8 Å². The minimum atomic E-state index is -0.460. The highest BCUT2D eigenvalue weighted by atomic mass is 16.6. The summed E-state index contributed by atoms with van der Waals surface area (Å²) in [5, 5.41) is 11.2. The summed E-state index contributed by atoms with van der Waals surface area (Å²) in [6.45, 7) is 7.40. The Morgan fingerprint density at radius 1 is 1.36 bits per heavy atom. The third-order valence-electron chi connectivity index (χ3n) is 1.97. The van der Waals surface area contributed by atoms with Gasteiger partial charge >= 0.3 is 6.09 Å². The van der Waals surface area contributed by atoms with Gasteiger partial charge in [-0.1, -0.05) is 0 Å². The van der Waals surface area contributed by atoms with Crippen LogP contribution >= 0.6 is 0 Å². The van der Waals surface area contributed by atoms with Crippen LogP contribution in [-0.4, -0.2) is 42.8 Å². The van der Waals surface area contributed by atoms with Gasteiger partial charge < -0.3 is 15.0 Å². The van der Waals surface area contributed by atoms with Crippen LogP contribution in [0, 0.1) is 5.21 Å². The highest BCUT2D eigenvalue weighted by Gasteiger charge is 2.25. The molecular weight excluding hydrogens is 184 g/mol. The molecule has 0 radical (unpaired) electrons. The van der Waals surface area contributed by atoms with Crippen LogP contribution in [0.1, 0.15) is 20.8 Å². The van der Waals surface area contributed by atoms with Crippen LogP contribution in [0.15, 0.2) is 0 Å². The Labute approximate surface area is 84.2 Å². The van der Waals surface area contributed by atoms with E-state index in [1.54, 1.807) is 4.90 Å². The second-order valence-corrected chi connectivity index (χ2v) is 4.51. The zero-order valence-electron chi connectivity index (χ0n) is 9.00. The van der Waals surface area contributed by atoms with Crippen molar-refractivity contribution in [2.24, 2.45) is 0 Å². The molecule has 1 aliphatic heterocycles. The summed E-state index contributed by atoms with van der Waals surface area (Å²) < 4.78 is 5.19. The summed E-state index contributed by atoms with van der Waals surface area (Å²) in [4.78, 5) is 13.1. The van der Waals surface area contributed by atoms with Crippen LogP contribution in [0.5, 0.6) is 0 Å². The molecule has 5 nitrogen and oxygen atoms in total. The van der Waals surface area contributed by atoms with Gasteiger partial charge in [-0.15, -0.1) is 0 Å². The van der Waals surface area contributed by atoms with E-state index in [1.165, 1.54) is 0 Å². The summed E-state index contributed by atoms with van der Waals surface area (Å²) >= 11 is 0. The van der Waals surface area contributed by atoms with Crippen LogP contribution in [-0.2, 0) is 4.74 Å². The van der Waals surface area contributed by atoms with E-state index < -0.39 is 5.60 Å². The number of quaternary nitrogens is 1. The molecule has 1 rings (SSSR count). The fourth-order valence-electron chi connectivity index (χ4n) is 1.27. The normalized spacial score (nSPS) is 19.6. The zero-order chi connectivity index (χ0) is 10.8. The largest absolute Gasteiger partial charge is 0.634 e. The average Bonchev–Trinajstić information content (AvgIpc) is 2.02. The van der Waals surface area contributed by atoms with E-state index in [-0.39, 0.29) is 11.2 Å². The molecule has 0 spiro atoms. The number of nitrogens with one attached hydrogen (secondary N) is 1. The molecule has 0 aromatic heterocycles. The Morgan fingerprint density at radius 3 is 2.29 bits per heavy atom. The van der Waals surface area contributed by atoms with Gasteiger partial charge in [-0.3, -0.25) is 4.90 Å². The molecular formula is C9H18N2O3. The molecule has 0 aliphatic carbocycles. The number of piperazine rings is 1. The molecule has 0 aromatic rings. The van der Waals surface area contributed by atoms with Gasteiger partial charge in [0, 0.05) is 0 Å². The van der Waals surface area contributed by atoms with Crippen molar-refractivity contribution < 1.29 is 14.6 Å². The summed E-state index contributed by atoms with van der Waals surface area (Å²) in [6.07, 6.45) is -0.315. The Morgan fingerprint density at radius 2 is 1.86 bits per heavy atom. The highest BCUT2D eigenvalue weighted by Crippen LogP contribution is 2.09. The molecule has 0 saturated carbocycles. The number of hydrogen-bond donors (Lipinski definition) is 1. The minimum absolute atomic E-state index is 0.227.